The van der Waals surface area contributed by atoms with E-state index in [2.05, 4.69) is 20.4 Å². The van der Waals surface area contributed by atoms with Crippen molar-refractivity contribution in [3.8, 4) is 5.75 Å². The summed E-state index contributed by atoms with van der Waals surface area (Å²) in [5, 5.41) is 6.89. The lowest BCUT2D eigenvalue weighted by atomic mass is 9.96. The summed E-state index contributed by atoms with van der Waals surface area (Å²) >= 11 is 1.04. The molecule has 0 aliphatic carbocycles. The number of imide groups is 1. The summed E-state index contributed by atoms with van der Waals surface area (Å²) < 4.78 is 9.74. The Hall–Kier alpha value is -3.47. The van der Waals surface area contributed by atoms with Crippen molar-refractivity contribution in [3.63, 3.8) is 0 Å². The summed E-state index contributed by atoms with van der Waals surface area (Å²) in [5.41, 5.74) is 0.639. The molecule has 11 heteroatoms. The Bertz CT molecular complexity index is 1020. The first-order chi connectivity index (χ1) is 15.3. The van der Waals surface area contributed by atoms with E-state index in [1.165, 1.54) is 19.6 Å². The Morgan fingerprint density at radius 3 is 2.53 bits per heavy atom. The Morgan fingerprint density at radius 2 is 1.94 bits per heavy atom. The second-order valence-corrected chi connectivity index (χ2v) is 8.07. The van der Waals surface area contributed by atoms with Crippen molar-refractivity contribution in [2.45, 2.75) is 32.4 Å². The van der Waals surface area contributed by atoms with Crippen LogP contribution in [0.1, 0.15) is 42.4 Å². The van der Waals surface area contributed by atoms with Gasteiger partial charge in [-0.3, -0.25) is 9.59 Å². The number of thiazole rings is 1. The Labute approximate surface area is 188 Å². The van der Waals surface area contributed by atoms with Crippen molar-refractivity contribution < 1.29 is 28.7 Å². The number of rotatable bonds is 8. The van der Waals surface area contributed by atoms with Crippen molar-refractivity contribution >= 4 is 40.3 Å². The minimum atomic E-state index is -1.05. The Morgan fingerprint density at radius 1 is 1.25 bits per heavy atom. The normalized spacial score (nSPS) is 17.5. The highest BCUT2D eigenvalue weighted by Gasteiger charge is 2.47. The fourth-order valence-electron chi connectivity index (χ4n) is 3.34. The lowest BCUT2D eigenvalue weighted by Crippen LogP contribution is -2.51. The summed E-state index contributed by atoms with van der Waals surface area (Å²) in [6, 6.07) is 4.15. The van der Waals surface area contributed by atoms with Gasteiger partial charge in [0.1, 0.15) is 17.8 Å². The molecule has 1 aromatic heterocycles. The standard InChI is InChI=1S/C21H24N4O6S/c1-5-11(2)16(17(26)24-20-22-14(10-32-20)19(28)31-4)25-18(27)15(23-21(25)29)12-6-8-13(30-3)9-7-12/h6-11,15-16H,5H2,1-4H3,(H,23,29)(H,22,24,26)/t11?,15-,16?/m1/s1. The van der Waals surface area contributed by atoms with Crippen molar-refractivity contribution in [1.29, 1.82) is 0 Å². The average Bonchev–Trinajstić information content (AvgIpc) is 3.38. The number of hydrogen-bond acceptors (Lipinski definition) is 8. The van der Waals surface area contributed by atoms with Crippen LogP contribution in [0.4, 0.5) is 9.93 Å². The van der Waals surface area contributed by atoms with Crippen LogP contribution in [0.25, 0.3) is 0 Å². The van der Waals surface area contributed by atoms with Gasteiger partial charge in [-0.25, -0.2) is 19.5 Å². The number of hydrogen-bond donors (Lipinski definition) is 2. The molecular weight excluding hydrogens is 436 g/mol. The van der Waals surface area contributed by atoms with Gasteiger partial charge >= 0.3 is 12.0 Å². The summed E-state index contributed by atoms with van der Waals surface area (Å²) in [5.74, 6) is -1.41. The van der Waals surface area contributed by atoms with Crippen LogP contribution in [0.2, 0.25) is 0 Å². The molecule has 0 saturated carbocycles. The van der Waals surface area contributed by atoms with E-state index in [1.54, 1.807) is 31.2 Å². The molecule has 1 fully saturated rings. The molecule has 3 atom stereocenters. The van der Waals surface area contributed by atoms with E-state index in [0.717, 1.165) is 16.2 Å². The van der Waals surface area contributed by atoms with Crippen LogP contribution in [-0.4, -0.2) is 54.0 Å². The van der Waals surface area contributed by atoms with Crippen LogP contribution in [-0.2, 0) is 14.3 Å². The molecule has 1 aromatic carbocycles. The van der Waals surface area contributed by atoms with Gasteiger partial charge in [0.05, 0.1) is 14.2 Å². The lowest BCUT2D eigenvalue weighted by molar-refractivity contribution is -0.135. The van der Waals surface area contributed by atoms with E-state index >= 15 is 0 Å². The number of nitrogens with one attached hydrogen (secondary N) is 2. The quantitative estimate of drug-likeness (QED) is 0.458. The minimum Gasteiger partial charge on any atom is -0.497 e. The third-order valence-corrected chi connectivity index (χ3v) is 6.04. The number of esters is 1. The molecule has 32 heavy (non-hydrogen) atoms. The fraction of sp³-hybridized carbons (Fsp3) is 0.381. The number of nitrogens with zero attached hydrogens (tertiary/aromatic N) is 2. The zero-order valence-corrected chi connectivity index (χ0v) is 18.9. The van der Waals surface area contributed by atoms with Crippen molar-refractivity contribution in [2.24, 2.45) is 5.92 Å². The van der Waals surface area contributed by atoms with E-state index < -0.39 is 35.9 Å². The van der Waals surface area contributed by atoms with E-state index in [0.29, 0.717) is 17.7 Å². The highest BCUT2D eigenvalue weighted by atomic mass is 32.1. The number of carbonyl (C=O) groups is 4. The summed E-state index contributed by atoms with van der Waals surface area (Å²) in [6.07, 6.45) is 0.549. The molecule has 170 valence electrons. The molecule has 0 spiro atoms. The highest BCUT2D eigenvalue weighted by molar-refractivity contribution is 7.14. The number of anilines is 1. The number of aromatic nitrogens is 1. The Balaban J connectivity index is 1.83. The van der Waals surface area contributed by atoms with E-state index in [9.17, 15) is 19.2 Å². The first-order valence-corrected chi connectivity index (χ1v) is 10.8. The number of ether oxygens (including phenoxy) is 2. The maximum absolute atomic E-state index is 13.2. The van der Waals surface area contributed by atoms with Crippen LogP contribution < -0.4 is 15.4 Å². The number of methoxy groups -OCH3 is 2. The SMILES string of the molecule is CCC(C)C(C(=O)Nc1nc(C(=O)OC)cs1)N1C(=O)N[C@H](c2ccc(OC)cc2)C1=O. The third kappa shape index (κ3) is 4.57. The molecule has 1 aliphatic heterocycles. The van der Waals surface area contributed by atoms with Crippen LogP contribution in [0.15, 0.2) is 29.6 Å². The largest absolute Gasteiger partial charge is 0.497 e. The monoisotopic (exact) mass is 460 g/mol. The molecule has 2 N–H and O–H groups in total. The average molecular weight is 461 g/mol. The van der Waals surface area contributed by atoms with Gasteiger partial charge in [-0.15, -0.1) is 11.3 Å². The molecule has 0 bridgehead atoms. The van der Waals surface area contributed by atoms with Gasteiger partial charge in [0.2, 0.25) is 5.91 Å². The molecule has 10 nitrogen and oxygen atoms in total. The zero-order chi connectivity index (χ0) is 23.4. The summed E-state index contributed by atoms with van der Waals surface area (Å²) in [4.78, 5) is 55.6. The first-order valence-electron chi connectivity index (χ1n) is 9.92. The molecule has 4 amide bonds. The second-order valence-electron chi connectivity index (χ2n) is 7.21. The molecule has 3 rings (SSSR count). The van der Waals surface area contributed by atoms with Crippen molar-refractivity contribution in [3.05, 3.63) is 40.9 Å². The van der Waals surface area contributed by atoms with E-state index in [4.69, 9.17) is 4.74 Å². The molecular formula is C21H24N4O6S. The molecule has 2 heterocycles. The number of amides is 4. The number of benzene rings is 1. The first kappa shape index (κ1) is 23.2. The van der Waals surface area contributed by atoms with Crippen molar-refractivity contribution in [1.82, 2.24) is 15.2 Å². The van der Waals surface area contributed by atoms with Gasteiger partial charge in [-0.1, -0.05) is 32.4 Å². The van der Waals surface area contributed by atoms with Gasteiger partial charge in [0.25, 0.3) is 5.91 Å². The molecule has 2 unspecified atom stereocenters. The van der Waals surface area contributed by atoms with Gasteiger partial charge < -0.3 is 20.1 Å². The lowest BCUT2D eigenvalue weighted by Gasteiger charge is -2.28. The summed E-state index contributed by atoms with van der Waals surface area (Å²) in [7, 11) is 2.76. The smallest absolute Gasteiger partial charge is 0.357 e. The molecule has 1 saturated heterocycles. The summed E-state index contributed by atoms with van der Waals surface area (Å²) in [6.45, 7) is 3.65. The van der Waals surface area contributed by atoms with Crippen LogP contribution in [0, 0.1) is 5.92 Å². The van der Waals surface area contributed by atoms with Gasteiger partial charge in [0, 0.05) is 5.38 Å². The Kier molecular flexibility index (Phi) is 7.08. The second kappa shape index (κ2) is 9.77. The minimum absolute atomic E-state index is 0.0578. The third-order valence-electron chi connectivity index (χ3n) is 5.28. The number of urea groups is 1. The van der Waals surface area contributed by atoms with Crippen LogP contribution in [0.5, 0.6) is 5.75 Å². The molecule has 0 radical (unpaired) electrons. The fourth-order valence-corrected chi connectivity index (χ4v) is 4.02. The predicted molar refractivity (Wildman–Crippen MR) is 116 cm³/mol. The topological polar surface area (TPSA) is 127 Å². The van der Waals surface area contributed by atoms with Crippen LogP contribution >= 0.6 is 11.3 Å². The molecule has 1 aliphatic rings. The molecule has 2 aromatic rings. The van der Waals surface area contributed by atoms with Crippen LogP contribution in [0.3, 0.4) is 0 Å². The van der Waals surface area contributed by atoms with Crippen molar-refractivity contribution in [2.75, 3.05) is 19.5 Å². The zero-order valence-electron chi connectivity index (χ0n) is 18.1. The predicted octanol–water partition coefficient (Wildman–Crippen LogP) is 2.58. The maximum Gasteiger partial charge on any atom is 0.357 e. The van der Waals surface area contributed by atoms with E-state index in [1.807, 2.05) is 6.92 Å². The van der Waals surface area contributed by atoms with Gasteiger partial charge in [-0.2, -0.15) is 0 Å². The number of carbonyl (C=O) groups excluding carboxylic acids is 4. The van der Waals surface area contributed by atoms with Gasteiger partial charge in [0.15, 0.2) is 10.8 Å². The van der Waals surface area contributed by atoms with E-state index in [-0.39, 0.29) is 16.7 Å². The van der Waals surface area contributed by atoms with Gasteiger partial charge in [-0.05, 0) is 23.6 Å². The highest BCUT2D eigenvalue weighted by Crippen LogP contribution is 2.29. The maximum atomic E-state index is 13.2.